The summed E-state index contributed by atoms with van der Waals surface area (Å²) in [5, 5.41) is 9.27. The van der Waals surface area contributed by atoms with Gasteiger partial charge in [-0.2, -0.15) is 18.3 Å². The summed E-state index contributed by atoms with van der Waals surface area (Å²) < 4.78 is 69.2. The molecule has 1 aliphatic rings. The van der Waals surface area contributed by atoms with Gasteiger partial charge in [0.1, 0.15) is 17.3 Å². The molecular formula is C25H15ClF5N5O2. The molecule has 2 aromatic heterocycles. The summed E-state index contributed by atoms with van der Waals surface area (Å²) in [6.45, 7) is 0. The highest BCUT2D eigenvalue weighted by Crippen LogP contribution is 2.40. The first-order chi connectivity index (χ1) is 17.9. The van der Waals surface area contributed by atoms with E-state index in [0.29, 0.717) is 17.7 Å². The third-order valence-corrected chi connectivity index (χ3v) is 6.19. The molecule has 7 nitrogen and oxygen atoms in total. The Morgan fingerprint density at radius 2 is 1.87 bits per heavy atom. The minimum atomic E-state index is -4.89. The number of alkyl halides is 3. The fourth-order valence-corrected chi connectivity index (χ4v) is 4.37. The van der Waals surface area contributed by atoms with Crippen LogP contribution in [-0.4, -0.2) is 26.6 Å². The van der Waals surface area contributed by atoms with Gasteiger partial charge in [0.05, 0.1) is 29.2 Å². The first-order valence-corrected chi connectivity index (χ1v) is 11.3. The molecule has 4 aromatic rings. The van der Waals surface area contributed by atoms with E-state index in [1.165, 1.54) is 23.0 Å². The van der Waals surface area contributed by atoms with Crippen molar-refractivity contribution >= 4 is 29.1 Å². The van der Waals surface area contributed by atoms with Gasteiger partial charge in [-0.15, -0.1) is 0 Å². The number of rotatable bonds is 4. The van der Waals surface area contributed by atoms with E-state index in [2.05, 4.69) is 20.7 Å². The zero-order valence-corrected chi connectivity index (χ0v) is 20.0. The second-order valence-electron chi connectivity index (χ2n) is 8.47. The van der Waals surface area contributed by atoms with Crippen molar-refractivity contribution in [2.45, 2.75) is 12.2 Å². The number of hydrogen-bond donors (Lipinski definition) is 2. The molecule has 1 aliphatic heterocycles. The first kappa shape index (κ1) is 25.3. The molecule has 0 fully saturated rings. The predicted molar refractivity (Wildman–Crippen MR) is 127 cm³/mol. The van der Waals surface area contributed by atoms with Crippen LogP contribution in [0, 0.1) is 11.6 Å². The number of aromatic nitrogens is 3. The van der Waals surface area contributed by atoms with E-state index in [1.54, 1.807) is 13.2 Å². The van der Waals surface area contributed by atoms with E-state index in [-0.39, 0.29) is 39.3 Å². The van der Waals surface area contributed by atoms with Gasteiger partial charge < -0.3 is 10.6 Å². The minimum absolute atomic E-state index is 0.0275. The number of halogens is 6. The number of pyridine rings is 1. The van der Waals surface area contributed by atoms with Crippen molar-refractivity contribution in [3.8, 4) is 11.3 Å². The lowest BCUT2D eigenvalue weighted by atomic mass is 9.97. The van der Waals surface area contributed by atoms with E-state index in [1.807, 2.05) is 0 Å². The Morgan fingerprint density at radius 3 is 2.55 bits per heavy atom. The predicted octanol–water partition coefficient (Wildman–Crippen LogP) is 5.52. The molecule has 3 heterocycles. The summed E-state index contributed by atoms with van der Waals surface area (Å²) in [6, 6.07) is 5.28. The van der Waals surface area contributed by atoms with Crippen LogP contribution < -0.4 is 10.6 Å². The Bertz CT molecular complexity index is 1620. The third kappa shape index (κ3) is 4.70. The summed E-state index contributed by atoms with van der Waals surface area (Å²) in [5.41, 5.74) is -1.16. The van der Waals surface area contributed by atoms with Crippen molar-refractivity contribution in [3.63, 3.8) is 0 Å². The topological polar surface area (TPSA) is 88.9 Å². The smallest absolute Gasteiger partial charge is 0.340 e. The molecule has 1 unspecified atom stereocenters. The molecule has 0 saturated heterocycles. The third-order valence-electron chi connectivity index (χ3n) is 5.84. The number of amides is 2. The fourth-order valence-electron chi connectivity index (χ4n) is 4.14. The number of hydrogen-bond acceptors (Lipinski definition) is 4. The van der Waals surface area contributed by atoms with Crippen molar-refractivity contribution < 1.29 is 31.5 Å². The SMILES string of the molecule is Cn1cc(-c2cc(NC(=O)c3cc(F)cc(C(F)(F)F)c3)c3c(n2)C(=O)NC3c2cc(F)ccc2Cl)cn1. The van der Waals surface area contributed by atoms with Crippen LogP contribution in [0.15, 0.2) is 54.9 Å². The van der Waals surface area contributed by atoms with Gasteiger partial charge in [-0.25, -0.2) is 13.8 Å². The van der Waals surface area contributed by atoms with Crippen molar-refractivity contribution in [1.29, 1.82) is 0 Å². The zero-order valence-electron chi connectivity index (χ0n) is 19.2. The summed E-state index contributed by atoms with van der Waals surface area (Å²) in [7, 11) is 1.65. The normalized spacial score (nSPS) is 14.8. The second-order valence-corrected chi connectivity index (χ2v) is 8.88. The standard InChI is InChI=1S/C25H15ClF5N5O2/c1-36-10-12(9-32-36)18-8-19(34-23(37)11-4-13(25(29,30)31)6-15(28)5-11)20-21(35-24(38)22(20)33-18)16-7-14(27)2-3-17(16)26/h2-10,21H,1H3,(H,35,38)(H,33,34,37). The van der Waals surface area contributed by atoms with E-state index in [0.717, 1.165) is 12.1 Å². The number of fused-ring (bicyclic) bond motifs is 1. The van der Waals surface area contributed by atoms with Gasteiger partial charge in [0.2, 0.25) is 0 Å². The lowest BCUT2D eigenvalue weighted by Crippen LogP contribution is -2.21. The average molecular weight is 548 g/mol. The highest BCUT2D eigenvalue weighted by molar-refractivity contribution is 6.31. The molecular weight excluding hydrogens is 533 g/mol. The molecule has 0 radical (unpaired) electrons. The van der Waals surface area contributed by atoms with Crippen LogP contribution in [0.5, 0.6) is 0 Å². The van der Waals surface area contributed by atoms with Gasteiger partial charge in [0, 0.05) is 40.5 Å². The Morgan fingerprint density at radius 1 is 1.11 bits per heavy atom. The highest BCUT2D eigenvalue weighted by atomic mass is 35.5. The molecule has 0 aliphatic carbocycles. The van der Waals surface area contributed by atoms with Gasteiger partial charge in [0.25, 0.3) is 11.8 Å². The number of benzene rings is 2. The van der Waals surface area contributed by atoms with Crippen LogP contribution >= 0.6 is 11.6 Å². The van der Waals surface area contributed by atoms with Gasteiger partial charge in [-0.05, 0) is 42.5 Å². The number of nitrogens with zero attached hydrogens (tertiary/aromatic N) is 3. The van der Waals surface area contributed by atoms with Crippen molar-refractivity contribution in [2.24, 2.45) is 7.05 Å². The van der Waals surface area contributed by atoms with Gasteiger partial charge >= 0.3 is 6.18 Å². The van der Waals surface area contributed by atoms with Crippen LogP contribution in [0.2, 0.25) is 5.02 Å². The van der Waals surface area contributed by atoms with Crippen molar-refractivity contribution in [3.05, 3.63) is 99.5 Å². The van der Waals surface area contributed by atoms with Crippen molar-refractivity contribution in [2.75, 3.05) is 5.32 Å². The summed E-state index contributed by atoms with van der Waals surface area (Å²) in [5.74, 6) is -3.64. The highest BCUT2D eigenvalue weighted by Gasteiger charge is 2.37. The fraction of sp³-hybridized carbons (Fsp3) is 0.120. The molecule has 194 valence electrons. The van der Waals surface area contributed by atoms with Crippen LogP contribution in [0.3, 0.4) is 0 Å². The molecule has 0 bridgehead atoms. The van der Waals surface area contributed by atoms with Crippen LogP contribution in [0.4, 0.5) is 27.6 Å². The maximum absolute atomic E-state index is 14.1. The summed E-state index contributed by atoms with van der Waals surface area (Å²) in [4.78, 5) is 30.4. The van der Waals surface area contributed by atoms with Crippen LogP contribution in [-0.2, 0) is 13.2 Å². The largest absolute Gasteiger partial charge is 0.416 e. The second kappa shape index (κ2) is 9.21. The molecule has 2 aromatic carbocycles. The quantitative estimate of drug-likeness (QED) is 0.329. The molecule has 2 N–H and O–H groups in total. The Labute approximate surface area is 216 Å². The number of nitrogens with one attached hydrogen (secondary N) is 2. The molecule has 13 heteroatoms. The zero-order chi connectivity index (χ0) is 27.4. The Kier molecular flexibility index (Phi) is 6.14. The van der Waals surface area contributed by atoms with Gasteiger partial charge in [0.15, 0.2) is 0 Å². The van der Waals surface area contributed by atoms with E-state index >= 15 is 0 Å². The minimum Gasteiger partial charge on any atom is -0.340 e. The number of anilines is 1. The van der Waals surface area contributed by atoms with Gasteiger partial charge in [-0.3, -0.25) is 14.3 Å². The van der Waals surface area contributed by atoms with E-state index < -0.39 is 46.8 Å². The molecule has 5 rings (SSSR count). The van der Waals surface area contributed by atoms with Crippen molar-refractivity contribution in [1.82, 2.24) is 20.1 Å². The Balaban J connectivity index is 1.65. The molecule has 0 saturated carbocycles. The van der Waals surface area contributed by atoms with E-state index in [4.69, 9.17) is 11.6 Å². The lowest BCUT2D eigenvalue weighted by molar-refractivity contribution is -0.137. The molecule has 2 amide bonds. The first-order valence-electron chi connectivity index (χ1n) is 10.9. The average Bonchev–Trinajstić information content (AvgIpc) is 3.43. The monoisotopic (exact) mass is 547 g/mol. The number of carbonyl (C=O) groups is 2. The summed E-state index contributed by atoms with van der Waals surface area (Å²) >= 11 is 6.27. The molecule has 0 spiro atoms. The molecule has 38 heavy (non-hydrogen) atoms. The Hall–Kier alpha value is -4.32. The maximum Gasteiger partial charge on any atom is 0.416 e. The van der Waals surface area contributed by atoms with Gasteiger partial charge in [-0.1, -0.05) is 11.6 Å². The number of carbonyl (C=O) groups excluding carboxylic acids is 2. The maximum atomic E-state index is 14.1. The van der Waals surface area contributed by atoms with Crippen LogP contribution in [0.1, 0.15) is 43.6 Å². The molecule has 1 atom stereocenters. The van der Waals surface area contributed by atoms with E-state index in [9.17, 15) is 31.5 Å². The summed E-state index contributed by atoms with van der Waals surface area (Å²) in [6.07, 6.45) is -1.84. The van der Waals surface area contributed by atoms with Crippen LogP contribution in [0.25, 0.3) is 11.3 Å². The number of aryl methyl sites for hydroxylation is 1. The lowest BCUT2D eigenvalue weighted by Gasteiger charge is -2.18.